The molecule has 0 heterocycles. The molecule has 0 saturated carbocycles. The van der Waals surface area contributed by atoms with Crippen molar-refractivity contribution in [2.45, 2.75) is 17.9 Å². The first-order valence-corrected chi connectivity index (χ1v) is 12.1. The summed E-state index contributed by atoms with van der Waals surface area (Å²) < 4.78 is 47.1. The quantitative estimate of drug-likeness (QED) is 0.479. The summed E-state index contributed by atoms with van der Waals surface area (Å²) in [6.45, 7) is 1.95. The van der Waals surface area contributed by atoms with Crippen LogP contribution in [0.2, 0.25) is 0 Å². The molecule has 0 saturated heterocycles. The van der Waals surface area contributed by atoms with Gasteiger partial charge in [0.05, 0.1) is 18.0 Å². The monoisotopic (exact) mass is 485 g/mol. The second-order valence-corrected chi connectivity index (χ2v) is 9.74. The Bertz CT molecular complexity index is 1260. The summed E-state index contributed by atoms with van der Waals surface area (Å²) in [4.78, 5) is 14.8. The van der Waals surface area contributed by atoms with Gasteiger partial charge in [-0.15, -0.1) is 0 Å². The summed E-state index contributed by atoms with van der Waals surface area (Å²) in [5.41, 5.74) is 1.97. The minimum Gasteiger partial charge on any atom is -0.497 e. The molecule has 0 aliphatic heterocycles. The number of nitrogens with one attached hydrogen (secondary N) is 2. The molecule has 0 radical (unpaired) electrons. The number of carbonyl (C=O) groups is 1. The van der Waals surface area contributed by atoms with Crippen LogP contribution in [0.5, 0.6) is 5.75 Å². The molecular weight excluding hydrogens is 457 g/mol. The summed E-state index contributed by atoms with van der Waals surface area (Å²) >= 11 is 0. The molecule has 0 aliphatic rings. The number of halogens is 1. The van der Waals surface area contributed by atoms with Crippen LogP contribution in [0.15, 0.2) is 71.6 Å². The normalized spacial score (nSPS) is 12.3. The third-order valence-electron chi connectivity index (χ3n) is 5.42. The van der Waals surface area contributed by atoms with Crippen LogP contribution in [0.25, 0.3) is 0 Å². The van der Waals surface area contributed by atoms with Crippen molar-refractivity contribution in [3.63, 3.8) is 0 Å². The first kappa shape index (κ1) is 25.2. The van der Waals surface area contributed by atoms with Gasteiger partial charge in [-0.25, -0.2) is 12.8 Å². The highest BCUT2D eigenvalue weighted by molar-refractivity contribution is 7.92. The fourth-order valence-electron chi connectivity index (χ4n) is 3.48. The number of rotatable bonds is 9. The average molecular weight is 486 g/mol. The van der Waals surface area contributed by atoms with Crippen molar-refractivity contribution in [2.24, 2.45) is 0 Å². The van der Waals surface area contributed by atoms with Crippen LogP contribution < -0.4 is 14.8 Å². The molecule has 180 valence electrons. The lowest BCUT2D eigenvalue weighted by Crippen LogP contribution is -2.35. The van der Waals surface area contributed by atoms with Crippen molar-refractivity contribution in [3.8, 4) is 5.75 Å². The van der Waals surface area contributed by atoms with E-state index in [1.165, 1.54) is 31.4 Å². The summed E-state index contributed by atoms with van der Waals surface area (Å²) in [7, 11) is 1.28. The van der Waals surface area contributed by atoms with Gasteiger partial charge in [0.25, 0.3) is 15.9 Å². The Kier molecular flexibility index (Phi) is 7.90. The smallest absolute Gasteiger partial charge is 0.261 e. The molecule has 2 N–H and O–H groups in total. The van der Waals surface area contributed by atoms with E-state index in [0.29, 0.717) is 17.0 Å². The number of amides is 1. The maximum Gasteiger partial charge on any atom is 0.261 e. The lowest BCUT2D eigenvalue weighted by Gasteiger charge is -2.25. The largest absolute Gasteiger partial charge is 0.497 e. The fourth-order valence-corrected chi connectivity index (χ4v) is 4.57. The number of carbonyl (C=O) groups excluding carboxylic acids is 1. The topological polar surface area (TPSA) is 87.7 Å². The number of methoxy groups -OCH3 is 1. The maximum absolute atomic E-state index is 13.7. The predicted molar refractivity (Wildman–Crippen MR) is 130 cm³/mol. The van der Waals surface area contributed by atoms with E-state index in [2.05, 4.69) is 10.0 Å². The summed E-state index contributed by atoms with van der Waals surface area (Å²) in [6, 6.07) is 16.8. The highest BCUT2D eigenvalue weighted by atomic mass is 32.2. The van der Waals surface area contributed by atoms with Crippen molar-refractivity contribution in [2.75, 3.05) is 32.5 Å². The van der Waals surface area contributed by atoms with Gasteiger partial charge in [0.2, 0.25) is 0 Å². The van der Waals surface area contributed by atoms with Crippen molar-refractivity contribution in [3.05, 3.63) is 89.2 Å². The molecule has 3 rings (SSSR count). The standard InChI is InChI=1S/C25H28FN3O4S/c1-17-8-13-22(34(31,32)28-20-9-11-21(33-4)12-10-20)15-23(17)25(30)27-16-24(29(2)3)18-6-5-7-19(26)14-18/h5-15,24,28H,16H2,1-4H3,(H,27,30). The van der Waals surface area contributed by atoms with E-state index in [0.717, 1.165) is 5.56 Å². The van der Waals surface area contributed by atoms with E-state index < -0.39 is 15.9 Å². The van der Waals surface area contributed by atoms with Gasteiger partial charge in [0.1, 0.15) is 11.6 Å². The van der Waals surface area contributed by atoms with E-state index in [9.17, 15) is 17.6 Å². The Hall–Kier alpha value is -3.43. The van der Waals surface area contributed by atoms with Crippen LogP contribution in [-0.2, 0) is 10.0 Å². The van der Waals surface area contributed by atoms with Crippen LogP contribution >= 0.6 is 0 Å². The average Bonchev–Trinajstić information content (AvgIpc) is 2.79. The van der Waals surface area contributed by atoms with Gasteiger partial charge >= 0.3 is 0 Å². The van der Waals surface area contributed by atoms with E-state index in [-0.39, 0.29) is 28.9 Å². The first-order chi connectivity index (χ1) is 16.1. The van der Waals surface area contributed by atoms with Crippen LogP contribution in [-0.4, -0.2) is 47.0 Å². The van der Waals surface area contributed by atoms with Gasteiger partial charge in [0.15, 0.2) is 0 Å². The molecule has 0 fully saturated rings. The Balaban J connectivity index is 1.78. The van der Waals surface area contributed by atoms with E-state index in [1.807, 2.05) is 19.0 Å². The van der Waals surface area contributed by atoms with E-state index in [1.54, 1.807) is 49.4 Å². The molecule has 0 aromatic heterocycles. The van der Waals surface area contributed by atoms with Crippen LogP contribution in [0.1, 0.15) is 27.5 Å². The molecule has 0 aliphatic carbocycles. The van der Waals surface area contributed by atoms with Crippen molar-refractivity contribution in [1.82, 2.24) is 10.2 Å². The molecule has 0 bridgehead atoms. The molecule has 1 atom stereocenters. The molecule has 0 spiro atoms. The fraction of sp³-hybridized carbons (Fsp3) is 0.240. The van der Waals surface area contributed by atoms with E-state index in [4.69, 9.17) is 4.74 Å². The number of hydrogen-bond acceptors (Lipinski definition) is 5. The lowest BCUT2D eigenvalue weighted by atomic mass is 10.0. The molecule has 1 unspecified atom stereocenters. The van der Waals surface area contributed by atoms with Gasteiger partial charge in [-0.1, -0.05) is 18.2 Å². The van der Waals surface area contributed by atoms with Gasteiger partial charge in [-0.2, -0.15) is 0 Å². The number of ether oxygens (including phenoxy) is 1. The number of sulfonamides is 1. The number of benzene rings is 3. The highest BCUT2D eigenvalue weighted by Gasteiger charge is 2.20. The number of hydrogen-bond donors (Lipinski definition) is 2. The van der Waals surface area contributed by atoms with Crippen LogP contribution in [0, 0.1) is 12.7 Å². The van der Waals surface area contributed by atoms with Gasteiger partial charge in [-0.3, -0.25) is 9.52 Å². The van der Waals surface area contributed by atoms with Crippen LogP contribution in [0.3, 0.4) is 0 Å². The first-order valence-electron chi connectivity index (χ1n) is 10.6. The molecule has 1 amide bonds. The third kappa shape index (κ3) is 6.12. The van der Waals surface area contributed by atoms with Gasteiger partial charge in [-0.05, 0) is 80.7 Å². The number of aryl methyl sites for hydroxylation is 1. The predicted octanol–water partition coefficient (Wildman–Crippen LogP) is 3.98. The Labute approximate surface area is 199 Å². The lowest BCUT2D eigenvalue weighted by molar-refractivity contribution is 0.0941. The molecular formula is C25H28FN3O4S. The minimum atomic E-state index is -3.92. The zero-order chi connectivity index (χ0) is 24.9. The zero-order valence-electron chi connectivity index (χ0n) is 19.5. The molecule has 34 heavy (non-hydrogen) atoms. The number of anilines is 1. The Morgan fingerprint density at radius 2 is 1.76 bits per heavy atom. The minimum absolute atomic E-state index is 0.0339. The number of likely N-dealkylation sites (N-methyl/N-ethyl adjacent to an activating group) is 1. The molecule has 9 heteroatoms. The zero-order valence-corrected chi connectivity index (χ0v) is 20.3. The van der Waals surface area contributed by atoms with Gasteiger partial charge in [0, 0.05) is 17.8 Å². The van der Waals surface area contributed by atoms with Crippen molar-refractivity contribution >= 4 is 21.6 Å². The maximum atomic E-state index is 13.7. The van der Waals surface area contributed by atoms with Gasteiger partial charge < -0.3 is 15.0 Å². The summed E-state index contributed by atoms with van der Waals surface area (Å²) in [5.74, 6) is -0.164. The third-order valence-corrected chi connectivity index (χ3v) is 6.80. The van der Waals surface area contributed by atoms with Crippen molar-refractivity contribution in [1.29, 1.82) is 0 Å². The van der Waals surface area contributed by atoms with E-state index >= 15 is 0 Å². The molecule has 3 aromatic carbocycles. The second-order valence-electron chi connectivity index (χ2n) is 8.06. The number of nitrogens with zero attached hydrogens (tertiary/aromatic N) is 1. The molecule has 3 aromatic rings. The van der Waals surface area contributed by atoms with Crippen LogP contribution in [0.4, 0.5) is 10.1 Å². The second kappa shape index (κ2) is 10.7. The highest BCUT2D eigenvalue weighted by Crippen LogP contribution is 2.22. The Morgan fingerprint density at radius 3 is 2.38 bits per heavy atom. The Morgan fingerprint density at radius 1 is 1.06 bits per heavy atom. The summed E-state index contributed by atoms with van der Waals surface area (Å²) in [6.07, 6.45) is 0. The molecule has 7 nitrogen and oxygen atoms in total. The summed E-state index contributed by atoms with van der Waals surface area (Å²) in [5, 5.41) is 2.85. The SMILES string of the molecule is COc1ccc(NS(=O)(=O)c2ccc(C)c(C(=O)NCC(c3cccc(F)c3)N(C)C)c2)cc1. The van der Waals surface area contributed by atoms with Crippen molar-refractivity contribution < 1.29 is 22.3 Å².